The number of halogens is 1. The monoisotopic (exact) mass is 294 g/mol. The Labute approximate surface area is 110 Å². The second kappa shape index (κ2) is 5.63. The van der Waals surface area contributed by atoms with E-state index in [0.717, 1.165) is 10.0 Å². The molecule has 1 atom stereocenters. The van der Waals surface area contributed by atoms with Crippen molar-refractivity contribution in [3.05, 3.63) is 33.8 Å². The van der Waals surface area contributed by atoms with E-state index in [1.807, 2.05) is 18.2 Å². The van der Waals surface area contributed by atoms with Crippen LogP contribution in [0.25, 0.3) is 0 Å². The average molecular weight is 295 g/mol. The van der Waals surface area contributed by atoms with E-state index in [1.165, 1.54) is 12.8 Å². The molecule has 0 heterocycles. The summed E-state index contributed by atoms with van der Waals surface area (Å²) < 4.78 is 0.941. The lowest BCUT2D eigenvalue weighted by molar-refractivity contribution is 0.227. The van der Waals surface area contributed by atoms with E-state index < -0.39 is 0 Å². The molecule has 3 nitrogen and oxygen atoms in total. The third kappa shape index (κ3) is 3.29. The Balaban J connectivity index is 1.96. The Morgan fingerprint density at radius 3 is 2.82 bits per heavy atom. The van der Waals surface area contributed by atoms with Crippen LogP contribution in [0.4, 0.5) is 0 Å². The number of nitrogens with one attached hydrogen (secondary N) is 1. The van der Waals surface area contributed by atoms with Crippen molar-refractivity contribution < 1.29 is 5.11 Å². The van der Waals surface area contributed by atoms with Crippen LogP contribution in [-0.4, -0.2) is 17.8 Å². The second-order valence-electron chi connectivity index (χ2n) is 4.43. The number of hydrogen-bond acceptors (Lipinski definition) is 3. The van der Waals surface area contributed by atoms with Gasteiger partial charge in [0.05, 0.1) is 18.2 Å². The van der Waals surface area contributed by atoms with Gasteiger partial charge in [-0.1, -0.05) is 22.0 Å². The van der Waals surface area contributed by atoms with E-state index in [0.29, 0.717) is 18.0 Å². The van der Waals surface area contributed by atoms with Crippen LogP contribution in [-0.2, 0) is 6.54 Å². The minimum Gasteiger partial charge on any atom is -0.395 e. The zero-order chi connectivity index (χ0) is 12.3. The van der Waals surface area contributed by atoms with Crippen molar-refractivity contribution in [3.8, 4) is 6.07 Å². The summed E-state index contributed by atoms with van der Waals surface area (Å²) in [6, 6.07) is 7.89. The molecule has 0 bridgehead atoms. The summed E-state index contributed by atoms with van der Waals surface area (Å²) in [7, 11) is 0. The first-order chi connectivity index (χ1) is 8.24. The predicted octanol–water partition coefficient (Wildman–Crippen LogP) is 2.18. The zero-order valence-corrected chi connectivity index (χ0v) is 11.1. The first kappa shape index (κ1) is 12.6. The van der Waals surface area contributed by atoms with Crippen LogP contribution in [0.3, 0.4) is 0 Å². The number of nitriles is 1. The maximum Gasteiger partial charge on any atom is 0.0992 e. The molecule has 1 aliphatic carbocycles. The van der Waals surface area contributed by atoms with Crippen molar-refractivity contribution in [2.75, 3.05) is 6.61 Å². The van der Waals surface area contributed by atoms with Crippen molar-refractivity contribution in [3.63, 3.8) is 0 Å². The minimum absolute atomic E-state index is 0.193. The van der Waals surface area contributed by atoms with Gasteiger partial charge in [-0.15, -0.1) is 0 Å². The van der Waals surface area contributed by atoms with E-state index in [-0.39, 0.29) is 12.6 Å². The van der Waals surface area contributed by atoms with Gasteiger partial charge in [-0.3, -0.25) is 0 Å². The fraction of sp³-hybridized carbons (Fsp3) is 0.462. The van der Waals surface area contributed by atoms with Crippen LogP contribution in [0, 0.1) is 17.2 Å². The number of nitrogens with zero attached hydrogens (tertiary/aromatic N) is 1. The van der Waals surface area contributed by atoms with Gasteiger partial charge in [-0.25, -0.2) is 0 Å². The highest BCUT2D eigenvalue weighted by Gasteiger charge is 2.30. The Bertz CT molecular complexity index is 438. The summed E-state index contributed by atoms with van der Waals surface area (Å²) >= 11 is 3.46. The van der Waals surface area contributed by atoms with Crippen LogP contribution in [0.1, 0.15) is 24.0 Å². The summed E-state index contributed by atoms with van der Waals surface area (Å²) in [4.78, 5) is 0. The molecule has 1 saturated carbocycles. The lowest BCUT2D eigenvalue weighted by Gasteiger charge is -2.16. The summed E-state index contributed by atoms with van der Waals surface area (Å²) in [5, 5.41) is 21.4. The van der Waals surface area contributed by atoms with Gasteiger partial charge in [0.2, 0.25) is 0 Å². The van der Waals surface area contributed by atoms with E-state index in [4.69, 9.17) is 5.26 Å². The summed E-state index contributed by atoms with van der Waals surface area (Å²) in [6.07, 6.45) is 2.43. The maximum absolute atomic E-state index is 9.25. The van der Waals surface area contributed by atoms with Crippen molar-refractivity contribution in [1.82, 2.24) is 5.32 Å². The lowest BCUT2D eigenvalue weighted by Crippen LogP contribution is -2.33. The Morgan fingerprint density at radius 1 is 1.53 bits per heavy atom. The van der Waals surface area contributed by atoms with Crippen LogP contribution < -0.4 is 5.32 Å². The van der Waals surface area contributed by atoms with Gasteiger partial charge in [0.25, 0.3) is 0 Å². The molecule has 1 aromatic carbocycles. The summed E-state index contributed by atoms with van der Waals surface area (Å²) in [6.45, 7) is 0.909. The Morgan fingerprint density at radius 2 is 2.29 bits per heavy atom. The second-order valence-corrected chi connectivity index (χ2v) is 5.28. The molecule has 1 unspecified atom stereocenters. The van der Waals surface area contributed by atoms with Gasteiger partial charge in [0, 0.05) is 17.1 Å². The van der Waals surface area contributed by atoms with Crippen LogP contribution in [0.15, 0.2) is 22.7 Å². The van der Waals surface area contributed by atoms with Crippen LogP contribution >= 0.6 is 15.9 Å². The molecule has 0 aromatic heterocycles. The van der Waals surface area contributed by atoms with Gasteiger partial charge < -0.3 is 10.4 Å². The van der Waals surface area contributed by atoms with Crippen molar-refractivity contribution in [1.29, 1.82) is 5.26 Å². The van der Waals surface area contributed by atoms with Crippen molar-refractivity contribution in [2.45, 2.75) is 25.4 Å². The molecule has 0 aliphatic heterocycles. The molecular formula is C13H15BrN2O. The SMILES string of the molecule is N#Cc1ccc(CNC(CO)C2CC2)c(Br)c1. The molecule has 0 amide bonds. The molecule has 0 saturated heterocycles. The highest BCUT2D eigenvalue weighted by Crippen LogP contribution is 2.32. The maximum atomic E-state index is 9.25. The average Bonchev–Trinajstić information content (AvgIpc) is 3.16. The molecule has 90 valence electrons. The first-order valence-electron chi connectivity index (χ1n) is 5.77. The quantitative estimate of drug-likeness (QED) is 0.875. The molecule has 4 heteroatoms. The lowest BCUT2D eigenvalue weighted by atomic mass is 10.1. The van der Waals surface area contributed by atoms with E-state index in [2.05, 4.69) is 27.3 Å². The molecule has 0 spiro atoms. The van der Waals surface area contributed by atoms with Crippen molar-refractivity contribution in [2.24, 2.45) is 5.92 Å². The number of hydrogen-bond donors (Lipinski definition) is 2. The van der Waals surface area contributed by atoms with Gasteiger partial charge in [-0.2, -0.15) is 5.26 Å². The third-order valence-electron chi connectivity index (χ3n) is 3.12. The predicted molar refractivity (Wildman–Crippen MR) is 69.3 cm³/mol. The first-order valence-corrected chi connectivity index (χ1v) is 6.56. The van der Waals surface area contributed by atoms with Gasteiger partial charge in [-0.05, 0) is 36.5 Å². The topological polar surface area (TPSA) is 56.0 Å². The Hall–Kier alpha value is -0.890. The molecule has 1 fully saturated rings. The van der Waals surface area contributed by atoms with E-state index in [9.17, 15) is 5.11 Å². The standard InChI is InChI=1S/C13H15BrN2O/c14-12-5-9(6-15)1-2-11(12)7-16-13(8-17)10-3-4-10/h1-2,5,10,13,16-17H,3-4,7-8H2. The normalized spacial score (nSPS) is 16.5. The summed E-state index contributed by atoms with van der Waals surface area (Å²) in [5.41, 5.74) is 1.77. The van der Waals surface area contributed by atoms with Crippen LogP contribution in [0.5, 0.6) is 0 Å². The van der Waals surface area contributed by atoms with Gasteiger partial charge >= 0.3 is 0 Å². The number of rotatable bonds is 5. The molecular weight excluding hydrogens is 280 g/mol. The Kier molecular flexibility index (Phi) is 4.16. The highest BCUT2D eigenvalue weighted by molar-refractivity contribution is 9.10. The molecule has 0 radical (unpaired) electrons. The van der Waals surface area contributed by atoms with Gasteiger partial charge in [0.1, 0.15) is 0 Å². The largest absolute Gasteiger partial charge is 0.395 e. The molecule has 1 aliphatic rings. The van der Waals surface area contributed by atoms with Crippen LogP contribution in [0.2, 0.25) is 0 Å². The zero-order valence-electron chi connectivity index (χ0n) is 9.49. The summed E-state index contributed by atoms with van der Waals surface area (Å²) in [5.74, 6) is 0.636. The number of aliphatic hydroxyl groups excluding tert-OH is 1. The molecule has 2 N–H and O–H groups in total. The minimum atomic E-state index is 0.193. The number of benzene rings is 1. The van der Waals surface area contributed by atoms with E-state index in [1.54, 1.807) is 0 Å². The molecule has 1 aromatic rings. The third-order valence-corrected chi connectivity index (χ3v) is 3.86. The molecule has 2 rings (SSSR count). The van der Waals surface area contributed by atoms with Gasteiger partial charge in [0.15, 0.2) is 0 Å². The fourth-order valence-electron chi connectivity index (χ4n) is 1.88. The highest BCUT2D eigenvalue weighted by atomic mass is 79.9. The van der Waals surface area contributed by atoms with Crippen molar-refractivity contribution >= 4 is 15.9 Å². The van der Waals surface area contributed by atoms with E-state index >= 15 is 0 Å². The number of aliphatic hydroxyl groups is 1. The molecule has 17 heavy (non-hydrogen) atoms. The fourth-order valence-corrected chi connectivity index (χ4v) is 2.40. The smallest absolute Gasteiger partial charge is 0.0992 e.